The molecular weight excluding hydrogens is 515 g/mol. The average molecular weight is 550 g/mol. The largest absolute Gasteiger partial charge is 0.313 e. The third-order valence-electron chi connectivity index (χ3n) is 6.69. The molecule has 0 aromatic heterocycles. The van der Waals surface area contributed by atoms with E-state index in [0.29, 0.717) is 18.2 Å². The summed E-state index contributed by atoms with van der Waals surface area (Å²) in [5.74, 6) is -0.399. The van der Waals surface area contributed by atoms with E-state index >= 15 is 0 Å². The molecule has 2 heterocycles. The number of hydrogen-bond acceptors (Lipinski definition) is 6. The van der Waals surface area contributed by atoms with Crippen molar-refractivity contribution in [1.29, 1.82) is 0 Å². The van der Waals surface area contributed by atoms with Gasteiger partial charge in [0, 0.05) is 12.6 Å². The van der Waals surface area contributed by atoms with Crippen LogP contribution in [-0.2, 0) is 26.2 Å². The quantitative estimate of drug-likeness (QED) is 0.498. The summed E-state index contributed by atoms with van der Waals surface area (Å²) >= 11 is 0. The first-order valence-corrected chi connectivity index (χ1v) is 14.6. The molecule has 1 N–H and O–H groups in total. The Balaban J connectivity index is 0.00000204. The number of sulfone groups is 2. The van der Waals surface area contributed by atoms with Gasteiger partial charge in [-0.1, -0.05) is 36.8 Å². The minimum atomic E-state index is -3.82. The van der Waals surface area contributed by atoms with E-state index in [1.54, 1.807) is 24.3 Å². The molecule has 2 aliphatic heterocycles. The highest BCUT2D eigenvalue weighted by Crippen LogP contribution is 2.42. The molecule has 1 fully saturated rings. The maximum absolute atomic E-state index is 13.3. The smallest absolute Gasteiger partial charge is 0.186 e. The van der Waals surface area contributed by atoms with Crippen molar-refractivity contribution in [3.8, 4) is 0 Å². The topological polar surface area (TPSA) is 83.6 Å². The predicted molar refractivity (Wildman–Crippen MR) is 141 cm³/mol. The van der Waals surface area contributed by atoms with E-state index in [-0.39, 0.29) is 34.6 Å². The first-order valence-electron chi connectivity index (χ1n) is 11.4. The Kier molecular flexibility index (Phi) is 10.4. The van der Waals surface area contributed by atoms with Gasteiger partial charge in [0.1, 0.15) is 5.25 Å². The summed E-state index contributed by atoms with van der Waals surface area (Å²) in [5.41, 5.74) is 1.19. The van der Waals surface area contributed by atoms with Crippen LogP contribution in [0.1, 0.15) is 49.0 Å². The number of piperidine rings is 1. The fourth-order valence-corrected chi connectivity index (χ4v) is 9.31. The van der Waals surface area contributed by atoms with Crippen LogP contribution in [0.2, 0.25) is 0 Å². The van der Waals surface area contributed by atoms with E-state index in [1.165, 1.54) is 37.5 Å². The molecule has 0 radical (unpaired) electrons. The number of nitrogens with zero attached hydrogens (tertiary/aromatic N) is 1. The van der Waals surface area contributed by atoms with E-state index in [4.69, 9.17) is 0 Å². The molecule has 2 aliphatic rings. The van der Waals surface area contributed by atoms with Crippen molar-refractivity contribution in [2.75, 3.05) is 25.4 Å². The number of benzene rings is 2. The molecule has 1 saturated heterocycles. The first kappa shape index (κ1) is 29.1. The zero-order chi connectivity index (χ0) is 22.8. The van der Waals surface area contributed by atoms with Gasteiger partial charge < -0.3 is 10.2 Å². The van der Waals surface area contributed by atoms with Crippen molar-refractivity contribution in [2.24, 2.45) is 0 Å². The Morgan fingerprint density at radius 1 is 1.03 bits per heavy atom. The SMILES string of the molecule is CC1CCCCN1CCCNCc1cccc2c1C(S(=O)(=O)c1ccccc1)CS2(=O)=O.Cl.Cl. The molecule has 0 spiro atoms. The molecule has 2 aromatic carbocycles. The van der Waals surface area contributed by atoms with Gasteiger partial charge in [-0.2, -0.15) is 0 Å². The van der Waals surface area contributed by atoms with Crippen LogP contribution in [0.4, 0.5) is 0 Å². The van der Waals surface area contributed by atoms with Gasteiger partial charge in [0.2, 0.25) is 0 Å². The second kappa shape index (κ2) is 12.2. The molecule has 2 atom stereocenters. The molecule has 0 saturated carbocycles. The van der Waals surface area contributed by atoms with Gasteiger partial charge in [-0.15, -0.1) is 24.8 Å². The molecular formula is C24H34Cl2N2O4S2. The van der Waals surface area contributed by atoms with Crippen LogP contribution in [0.15, 0.2) is 58.3 Å². The maximum atomic E-state index is 13.3. The van der Waals surface area contributed by atoms with E-state index in [0.717, 1.165) is 31.6 Å². The standard InChI is InChI=1S/C24H32N2O4S2.2ClH/c1-19-9-5-6-15-26(19)16-8-14-25-17-20-10-7-13-22-24(20)23(18-31(22,27)28)32(29,30)21-11-3-2-4-12-21;;/h2-4,7,10-13,19,23,25H,5-6,8-9,14-18H2,1H3;2*1H. The Labute approximate surface area is 216 Å². The highest BCUT2D eigenvalue weighted by molar-refractivity contribution is 7.96. The van der Waals surface area contributed by atoms with E-state index in [2.05, 4.69) is 17.1 Å². The van der Waals surface area contributed by atoms with Crippen LogP contribution < -0.4 is 5.32 Å². The highest BCUT2D eigenvalue weighted by atomic mass is 35.5. The summed E-state index contributed by atoms with van der Waals surface area (Å²) < 4.78 is 52.2. The lowest BCUT2D eigenvalue weighted by molar-refractivity contribution is 0.159. The highest BCUT2D eigenvalue weighted by Gasteiger charge is 2.44. The lowest BCUT2D eigenvalue weighted by atomic mass is 10.0. The van der Waals surface area contributed by atoms with Crippen LogP contribution in [0, 0.1) is 0 Å². The van der Waals surface area contributed by atoms with Gasteiger partial charge >= 0.3 is 0 Å². The normalized spacial score (nSPS) is 21.8. The van der Waals surface area contributed by atoms with Crippen LogP contribution >= 0.6 is 24.8 Å². The Morgan fingerprint density at radius 3 is 2.47 bits per heavy atom. The minimum Gasteiger partial charge on any atom is -0.313 e. The Bertz CT molecular complexity index is 1160. The summed E-state index contributed by atoms with van der Waals surface area (Å²) in [6, 6.07) is 13.8. The van der Waals surface area contributed by atoms with Crippen LogP contribution in [0.3, 0.4) is 0 Å². The number of halogens is 2. The van der Waals surface area contributed by atoms with Crippen LogP contribution in [-0.4, -0.2) is 53.2 Å². The maximum Gasteiger partial charge on any atom is 0.186 e. The van der Waals surface area contributed by atoms with Crippen molar-refractivity contribution in [3.63, 3.8) is 0 Å². The summed E-state index contributed by atoms with van der Waals surface area (Å²) in [6.45, 7) is 5.74. The number of likely N-dealkylation sites (tertiary alicyclic amines) is 1. The van der Waals surface area contributed by atoms with E-state index < -0.39 is 30.7 Å². The molecule has 34 heavy (non-hydrogen) atoms. The van der Waals surface area contributed by atoms with E-state index in [1.807, 2.05) is 6.07 Å². The van der Waals surface area contributed by atoms with Crippen molar-refractivity contribution >= 4 is 44.5 Å². The van der Waals surface area contributed by atoms with Crippen molar-refractivity contribution < 1.29 is 16.8 Å². The zero-order valence-corrected chi connectivity index (χ0v) is 22.6. The molecule has 0 bridgehead atoms. The van der Waals surface area contributed by atoms with E-state index in [9.17, 15) is 16.8 Å². The van der Waals surface area contributed by atoms with Gasteiger partial charge in [-0.25, -0.2) is 16.8 Å². The van der Waals surface area contributed by atoms with Crippen molar-refractivity contribution in [2.45, 2.75) is 60.2 Å². The van der Waals surface area contributed by atoms with Gasteiger partial charge in [0.15, 0.2) is 19.7 Å². The molecule has 10 heteroatoms. The summed E-state index contributed by atoms with van der Waals surface area (Å²) in [4.78, 5) is 2.84. The van der Waals surface area contributed by atoms with Crippen molar-refractivity contribution in [1.82, 2.24) is 10.2 Å². The average Bonchev–Trinajstić information content (AvgIpc) is 3.08. The molecule has 2 unspecified atom stereocenters. The van der Waals surface area contributed by atoms with Crippen LogP contribution in [0.5, 0.6) is 0 Å². The van der Waals surface area contributed by atoms with Gasteiger partial charge in [-0.3, -0.25) is 0 Å². The molecule has 4 rings (SSSR count). The summed E-state index contributed by atoms with van der Waals surface area (Å²) in [6.07, 6.45) is 4.84. The number of rotatable bonds is 8. The molecule has 0 aliphatic carbocycles. The fourth-order valence-electron chi connectivity index (χ4n) is 4.89. The van der Waals surface area contributed by atoms with Gasteiger partial charge in [0.05, 0.1) is 15.5 Å². The lowest BCUT2D eigenvalue weighted by Gasteiger charge is -2.33. The summed E-state index contributed by atoms with van der Waals surface area (Å²) in [7, 11) is -7.45. The Hall–Kier alpha value is -1.16. The Morgan fingerprint density at radius 2 is 1.76 bits per heavy atom. The number of fused-ring (bicyclic) bond motifs is 1. The first-order chi connectivity index (χ1) is 15.3. The second-order valence-corrected chi connectivity index (χ2v) is 13.0. The zero-order valence-electron chi connectivity index (χ0n) is 19.4. The molecule has 190 valence electrons. The van der Waals surface area contributed by atoms with Crippen molar-refractivity contribution in [3.05, 3.63) is 59.7 Å². The molecule has 2 aromatic rings. The number of nitrogens with one attached hydrogen (secondary N) is 1. The molecule has 0 amide bonds. The number of hydrogen-bond donors (Lipinski definition) is 1. The monoisotopic (exact) mass is 548 g/mol. The fraction of sp³-hybridized carbons (Fsp3) is 0.500. The lowest BCUT2D eigenvalue weighted by Crippen LogP contribution is -2.38. The third kappa shape index (κ3) is 6.15. The van der Waals surface area contributed by atoms with Crippen LogP contribution in [0.25, 0.3) is 0 Å². The predicted octanol–water partition coefficient (Wildman–Crippen LogP) is 4.19. The van der Waals surface area contributed by atoms with Gasteiger partial charge in [0.25, 0.3) is 0 Å². The molecule has 6 nitrogen and oxygen atoms in total. The third-order valence-corrected chi connectivity index (χ3v) is 10.8. The van der Waals surface area contributed by atoms with Gasteiger partial charge in [-0.05, 0) is 75.1 Å². The summed E-state index contributed by atoms with van der Waals surface area (Å²) in [5, 5.41) is 2.34. The minimum absolute atomic E-state index is 0. The second-order valence-electron chi connectivity index (χ2n) is 8.87.